The molecular weight excluding hydrogens is 302 g/mol. The number of fused-ring (bicyclic) bond motifs is 1. The Morgan fingerprint density at radius 3 is 2.54 bits per heavy atom. The first-order valence-corrected chi connectivity index (χ1v) is 7.76. The minimum Gasteiger partial charge on any atom is -0.336 e. The highest BCUT2D eigenvalue weighted by molar-refractivity contribution is 6.04. The number of benzene rings is 2. The fourth-order valence-electron chi connectivity index (χ4n) is 2.81. The molecule has 24 heavy (non-hydrogen) atoms. The summed E-state index contributed by atoms with van der Waals surface area (Å²) in [4.78, 5) is 26.3. The van der Waals surface area contributed by atoms with Crippen LogP contribution in [-0.2, 0) is 6.54 Å². The molecule has 1 N–H and O–H groups in total. The largest absolute Gasteiger partial charge is 0.336 e. The summed E-state index contributed by atoms with van der Waals surface area (Å²) in [5, 5.41) is 7.42. The number of aryl methyl sites for hydroxylation is 2. The van der Waals surface area contributed by atoms with Crippen molar-refractivity contribution in [2.24, 2.45) is 0 Å². The number of rotatable bonds is 3. The topological polar surface area (TPSA) is 66.1 Å². The van der Waals surface area contributed by atoms with Gasteiger partial charge in [0.05, 0.1) is 5.39 Å². The summed E-state index contributed by atoms with van der Waals surface area (Å²) in [6, 6.07) is 13.2. The maximum absolute atomic E-state index is 12.8. The van der Waals surface area contributed by atoms with Gasteiger partial charge in [0.25, 0.3) is 11.5 Å². The van der Waals surface area contributed by atoms with Crippen LogP contribution >= 0.6 is 0 Å². The summed E-state index contributed by atoms with van der Waals surface area (Å²) >= 11 is 0. The molecule has 3 aromatic rings. The van der Waals surface area contributed by atoms with Gasteiger partial charge in [0, 0.05) is 19.0 Å². The number of hydrogen-bond acceptors (Lipinski definition) is 3. The van der Waals surface area contributed by atoms with Gasteiger partial charge in [0.15, 0.2) is 5.69 Å². The number of hydrogen-bond donors (Lipinski definition) is 1. The third kappa shape index (κ3) is 2.93. The van der Waals surface area contributed by atoms with Crippen LogP contribution in [0.1, 0.15) is 27.2 Å². The van der Waals surface area contributed by atoms with Crippen LogP contribution < -0.4 is 5.56 Å². The van der Waals surface area contributed by atoms with E-state index < -0.39 is 0 Å². The third-order valence-electron chi connectivity index (χ3n) is 4.15. The lowest BCUT2D eigenvalue weighted by Gasteiger charge is -2.19. The average molecular weight is 321 g/mol. The zero-order chi connectivity index (χ0) is 17.3. The first kappa shape index (κ1) is 15.9. The molecule has 122 valence electrons. The number of nitrogens with zero attached hydrogens (tertiary/aromatic N) is 2. The lowest BCUT2D eigenvalue weighted by molar-refractivity contribution is 0.0780. The second-order valence-corrected chi connectivity index (χ2v) is 6.04. The molecule has 0 radical (unpaired) electrons. The van der Waals surface area contributed by atoms with Gasteiger partial charge in [-0.2, -0.15) is 5.10 Å². The van der Waals surface area contributed by atoms with E-state index in [-0.39, 0.29) is 17.2 Å². The maximum Gasteiger partial charge on any atom is 0.274 e. The van der Waals surface area contributed by atoms with E-state index in [4.69, 9.17) is 0 Å². The highest BCUT2D eigenvalue weighted by atomic mass is 16.2. The number of amides is 1. The van der Waals surface area contributed by atoms with Gasteiger partial charge in [-0.3, -0.25) is 9.59 Å². The Balaban J connectivity index is 1.94. The zero-order valence-corrected chi connectivity index (χ0v) is 14.0. The Morgan fingerprint density at radius 2 is 1.83 bits per heavy atom. The average Bonchev–Trinajstić information content (AvgIpc) is 2.57. The molecule has 0 spiro atoms. The SMILES string of the molecule is Cc1ccc(CN(C)C(=O)c2n[nH]c(=O)c3ccccc23)c(C)c1. The fraction of sp³-hybridized carbons (Fsp3) is 0.211. The second kappa shape index (κ2) is 6.28. The second-order valence-electron chi connectivity index (χ2n) is 6.04. The van der Waals surface area contributed by atoms with Gasteiger partial charge in [0.1, 0.15) is 0 Å². The van der Waals surface area contributed by atoms with E-state index >= 15 is 0 Å². The van der Waals surface area contributed by atoms with Crippen LogP contribution in [0.2, 0.25) is 0 Å². The standard InChI is InChI=1S/C19H19N3O2/c1-12-8-9-14(13(2)10-12)11-22(3)19(24)17-15-6-4-5-7-16(15)18(23)21-20-17/h4-10H,11H2,1-3H3,(H,21,23). The number of carbonyl (C=O) groups excluding carboxylic acids is 1. The van der Waals surface area contributed by atoms with Crippen LogP contribution in [0.3, 0.4) is 0 Å². The summed E-state index contributed by atoms with van der Waals surface area (Å²) in [6.07, 6.45) is 0. The Morgan fingerprint density at radius 1 is 1.12 bits per heavy atom. The van der Waals surface area contributed by atoms with Crippen molar-refractivity contribution in [1.82, 2.24) is 15.1 Å². The fourth-order valence-corrected chi connectivity index (χ4v) is 2.81. The summed E-state index contributed by atoms with van der Waals surface area (Å²) in [6.45, 7) is 4.57. The van der Waals surface area contributed by atoms with Crippen molar-refractivity contribution in [2.45, 2.75) is 20.4 Å². The number of nitrogens with one attached hydrogen (secondary N) is 1. The minimum atomic E-state index is -0.292. The number of H-pyrrole nitrogens is 1. The van der Waals surface area contributed by atoms with Crippen molar-refractivity contribution in [2.75, 3.05) is 7.05 Å². The van der Waals surface area contributed by atoms with Crippen LogP contribution in [0.15, 0.2) is 47.3 Å². The molecule has 0 unspecified atom stereocenters. The number of carbonyl (C=O) groups is 1. The first-order valence-electron chi connectivity index (χ1n) is 7.76. The van der Waals surface area contributed by atoms with E-state index in [1.807, 2.05) is 26.0 Å². The van der Waals surface area contributed by atoms with Crippen molar-refractivity contribution in [3.8, 4) is 0 Å². The molecule has 0 saturated heterocycles. The molecule has 0 atom stereocenters. The maximum atomic E-state index is 12.8. The smallest absolute Gasteiger partial charge is 0.274 e. The van der Waals surface area contributed by atoms with E-state index in [0.717, 1.165) is 11.1 Å². The Kier molecular flexibility index (Phi) is 4.16. The van der Waals surface area contributed by atoms with E-state index in [1.54, 1.807) is 36.2 Å². The molecule has 1 heterocycles. The molecular formula is C19H19N3O2. The molecule has 5 heteroatoms. The van der Waals surface area contributed by atoms with E-state index in [1.165, 1.54) is 5.56 Å². The summed E-state index contributed by atoms with van der Waals surface area (Å²) in [5.74, 6) is -0.220. The van der Waals surface area contributed by atoms with Gasteiger partial charge in [-0.25, -0.2) is 5.10 Å². The lowest BCUT2D eigenvalue weighted by Crippen LogP contribution is -2.29. The highest BCUT2D eigenvalue weighted by Crippen LogP contribution is 2.17. The molecule has 0 aliphatic rings. The van der Waals surface area contributed by atoms with Crippen molar-refractivity contribution >= 4 is 16.7 Å². The van der Waals surface area contributed by atoms with Crippen LogP contribution in [0.25, 0.3) is 10.8 Å². The van der Waals surface area contributed by atoms with Gasteiger partial charge in [-0.05, 0) is 31.0 Å². The number of aromatic nitrogens is 2. The quantitative estimate of drug-likeness (QED) is 0.806. The molecule has 0 saturated carbocycles. The molecule has 0 aliphatic carbocycles. The highest BCUT2D eigenvalue weighted by Gasteiger charge is 2.18. The van der Waals surface area contributed by atoms with Crippen molar-refractivity contribution in [3.63, 3.8) is 0 Å². The third-order valence-corrected chi connectivity index (χ3v) is 4.15. The Hall–Kier alpha value is -2.95. The molecule has 1 aromatic heterocycles. The van der Waals surface area contributed by atoms with Crippen molar-refractivity contribution in [1.29, 1.82) is 0 Å². The first-order chi connectivity index (χ1) is 11.5. The molecule has 0 bridgehead atoms. The molecule has 2 aromatic carbocycles. The van der Waals surface area contributed by atoms with Gasteiger partial charge in [-0.15, -0.1) is 0 Å². The Labute approximate surface area is 139 Å². The van der Waals surface area contributed by atoms with Crippen molar-refractivity contribution < 1.29 is 4.79 Å². The molecule has 0 aliphatic heterocycles. The molecule has 1 amide bonds. The number of aromatic amines is 1. The van der Waals surface area contributed by atoms with E-state index in [0.29, 0.717) is 17.3 Å². The monoisotopic (exact) mass is 321 g/mol. The Bertz CT molecular complexity index is 976. The predicted octanol–water partition coefficient (Wildman–Crippen LogP) is 2.81. The van der Waals surface area contributed by atoms with Gasteiger partial charge in [-0.1, -0.05) is 42.0 Å². The lowest BCUT2D eigenvalue weighted by atomic mass is 10.1. The van der Waals surface area contributed by atoms with E-state index in [9.17, 15) is 9.59 Å². The van der Waals surface area contributed by atoms with Crippen LogP contribution in [0.4, 0.5) is 0 Å². The van der Waals surface area contributed by atoms with E-state index in [2.05, 4.69) is 16.3 Å². The predicted molar refractivity (Wildman–Crippen MR) is 94.1 cm³/mol. The molecule has 0 fully saturated rings. The summed E-state index contributed by atoms with van der Waals surface area (Å²) in [7, 11) is 1.74. The van der Waals surface area contributed by atoms with Crippen molar-refractivity contribution in [3.05, 3.63) is 75.2 Å². The summed E-state index contributed by atoms with van der Waals surface area (Å²) < 4.78 is 0. The minimum absolute atomic E-state index is 0.220. The van der Waals surface area contributed by atoms with Gasteiger partial charge in [0.2, 0.25) is 0 Å². The molecule has 5 nitrogen and oxygen atoms in total. The van der Waals surface area contributed by atoms with Gasteiger partial charge < -0.3 is 4.90 Å². The zero-order valence-electron chi connectivity index (χ0n) is 14.0. The van der Waals surface area contributed by atoms with Gasteiger partial charge >= 0.3 is 0 Å². The van der Waals surface area contributed by atoms with Crippen LogP contribution in [0.5, 0.6) is 0 Å². The normalized spacial score (nSPS) is 10.8. The van der Waals surface area contributed by atoms with Crippen LogP contribution in [0, 0.1) is 13.8 Å². The molecule has 3 rings (SSSR count). The van der Waals surface area contributed by atoms with Crippen LogP contribution in [-0.4, -0.2) is 28.1 Å². The summed E-state index contributed by atoms with van der Waals surface area (Å²) in [5.41, 5.74) is 3.40.